The van der Waals surface area contributed by atoms with Gasteiger partial charge in [-0.3, -0.25) is 4.79 Å². The molecule has 0 amide bonds. The van der Waals surface area contributed by atoms with Gasteiger partial charge >= 0.3 is 12.4 Å². The van der Waals surface area contributed by atoms with Crippen LogP contribution in [0.25, 0.3) is 0 Å². The summed E-state index contributed by atoms with van der Waals surface area (Å²) in [6.07, 6.45) is -10.2. The summed E-state index contributed by atoms with van der Waals surface area (Å²) in [5.74, 6) is -1.95. The van der Waals surface area contributed by atoms with E-state index in [1.807, 2.05) is 0 Å². The average molecular weight is 383 g/mol. The van der Waals surface area contributed by atoms with Crippen LogP contribution in [0.4, 0.5) is 26.3 Å². The highest BCUT2D eigenvalue weighted by Gasteiger charge is 2.41. The van der Waals surface area contributed by atoms with Crippen LogP contribution < -0.4 is 4.74 Å². The smallest absolute Gasteiger partial charge is 0.417 e. The van der Waals surface area contributed by atoms with Gasteiger partial charge in [0.05, 0.1) is 23.8 Å². The summed E-state index contributed by atoms with van der Waals surface area (Å²) in [5.41, 5.74) is -4.46. The number of hydrogen-bond acceptors (Lipinski definition) is 2. The number of methoxy groups -OCH3 is 1. The summed E-state index contributed by atoms with van der Waals surface area (Å²) in [6, 6.07) is 5.14. The summed E-state index contributed by atoms with van der Waals surface area (Å²) >= 11 is 5.65. The van der Waals surface area contributed by atoms with Crippen molar-refractivity contribution in [2.75, 3.05) is 7.11 Å². The zero-order valence-corrected chi connectivity index (χ0v) is 13.2. The van der Waals surface area contributed by atoms with Gasteiger partial charge in [-0.1, -0.05) is 11.6 Å². The molecule has 0 aliphatic carbocycles. The Morgan fingerprint density at radius 1 is 0.960 bits per heavy atom. The molecule has 0 bridgehead atoms. The summed E-state index contributed by atoms with van der Waals surface area (Å²) < 4.78 is 83.0. The van der Waals surface area contributed by atoms with Gasteiger partial charge in [0.2, 0.25) is 0 Å². The maximum absolute atomic E-state index is 13.3. The lowest BCUT2D eigenvalue weighted by molar-refractivity contribution is -0.143. The van der Waals surface area contributed by atoms with Crippen LogP contribution in [0.3, 0.4) is 0 Å². The van der Waals surface area contributed by atoms with E-state index in [1.165, 1.54) is 24.3 Å². The Morgan fingerprint density at radius 2 is 1.52 bits per heavy atom. The largest absolute Gasteiger partial charge is 0.496 e. The molecule has 2 nitrogen and oxygen atoms in total. The van der Waals surface area contributed by atoms with Crippen molar-refractivity contribution < 1.29 is 35.9 Å². The van der Waals surface area contributed by atoms with Crippen LogP contribution in [0, 0.1) is 0 Å². The molecule has 0 N–H and O–H groups in total. The third-order valence-electron chi connectivity index (χ3n) is 3.29. The molecule has 0 fully saturated rings. The summed E-state index contributed by atoms with van der Waals surface area (Å²) in [6.45, 7) is 0. The SMILES string of the molecule is COc1cc(C(F)(F)F)cc(C(F)(F)F)c1C(=O)c1ccc(Cl)cc1. The molecular weight excluding hydrogens is 374 g/mol. The number of carbonyl (C=O) groups is 1. The number of halogens is 7. The Morgan fingerprint density at radius 3 is 1.96 bits per heavy atom. The Hall–Kier alpha value is -2.22. The van der Waals surface area contributed by atoms with E-state index < -0.39 is 40.6 Å². The number of carbonyl (C=O) groups excluding carboxylic acids is 1. The second kappa shape index (κ2) is 6.59. The van der Waals surface area contributed by atoms with E-state index in [1.54, 1.807) is 0 Å². The molecule has 0 aliphatic rings. The van der Waals surface area contributed by atoms with Crippen LogP contribution in [-0.4, -0.2) is 12.9 Å². The zero-order valence-electron chi connectivity index (χ0n) is 12.4. The van der Waals surface area contributed by atoms with E-state index in [9.17, 15) is 31.1 Å². The van der Waals surface area contributed by atoms with Crippen LogP contribution in [0.1, 0.15) is 27.0 Å². The number of ether oxygens (including phenoxy) is 1. The second-order valence-corrected chi connectivity index (χ2v) is 5.37. The number of rotatable bonds is 3. The molecule has 0 saturated heterocycles. The first-order valence-corrected chi connectivity index (χ1v) is 6.99. The van der Waals surface area contributed by atoms with E-state index in [-0.39, 0.29) is 16.7 Å². The first kappa shape index (κ1) is 19.1. The van der Waals surface area contributed by atoms with Crippen molar-refractivity contribution in [3.63, 3.8) is 0 Å². The van der Waals surface area contributed by atoms with Gasteiger partial charge in [0.25, 0.3) is 0 Å². The van der Waals surface area contributed by atoms with Gasteiger partial charge in [-0.05, 0) is 36.4 Å². The highest BCUT2D eigenvalue weighted by Crippen LogP contribution is 2.42. The van der Waals surface area contributed by atoms with Gasteiger partial charge in [0.15, 0.2) is 5.78 Å². The molecule has 0 heterocycles. The fraction of sp³-hybridized carbons (Fsp3) is 0.188. The first-order chi connectivity index (χ1) is 11.4. The topological polar surface area (TPSA) is 26.3 Å². The number of benzene rings is 2. The van der Waals surface area contributed by atoms with E-state index >= 15 is 0 Å². The predicted octanol–water partition coefficient (Wildman–Crippen LogP) is 5.62. The highest BCUT2D eigenvalue weighted by molar-refractivity contribution is 6.30. The average Bonchev–Trinajstić information content (AvgIpc) is 2.51. The van der Waals surface area contributed by atoms with Crippen LogP contribution in [-0.2, 0) is 12.4 Å². The maximum Gasteiger partial charge on any atom is 0.417 e. The van der Waals surface area contributed by atoms with E-state index in [0.29, 0.717) is 6.07 Å². The van der Waals surface area contributed by atoms with Crippen molar-refractivity contribution in [3.05, 3.63) is 63.7 Å². The van der Waals surface area contributed by atoms with Crippen molar-refractivity contribution in [1.29, 1.82) is 0 Å². The Kier molecular flexibility index (Phi) is 5.04. The van der Waals surface area contributed by atoms with Crippen LogP contribution in [0.2, 0.25) is 5.02 Å². The van der Waals surface area contributed by atoms with Crippen molar-refractivity contribution in [2.24, 2.45) is 0 Å². The fourth-order valence-corrected chi connectivity index (χ4v) is 2.27. The van der Waals surface area contributed by atoms with Gasteiger partial charge in [0.1, 0.15) is 5.75 Å². The fourth-order valence-electron chi connectivity index (χ4n) is 2.14. The van der Waals surface area contributed by atoms with Gasteiger partial charge in [-0.15, -0.1) is 0 Å². The van der Waals surface area contributed by atoms with E-state index in [0.717, 1.165) is 7.11 Å². The normalized spacial score (nSPS) is 12.2. The molecule has 2 aromatic rings. The van der Waals surface area contributed by atoms with Crippen LogP contribution in [0.15, 0.2) is 36.4 Å². The summed E-state index contributed by atoms with van der Waals surface area (Å²) in [4.78, 5) is 12.5. The molecule has 0 aromatic heterocycles. The first-order valence-electron chi connectivity index (χ1n) is 6.62. The molecular formula is C16H9ClF6O2. The quantitative estimate of drug-likeness (QED) is 0.509. The van der Waals surface area contributed by atoms with Gasteiger partial charge in [-0.2, -0.15) is 26.3 Å². The predicted molar refractivity (Wildman–Crippen MR) is 77.9 cm³/mol. The Labute approximate surface area is 143 Å². The minimum atomic E-state index is -5.19. The molecule has 9 heteroatoms. The van der Waals surface area contributed by atoms with Crippen LogP contribution in [0.5, 0.6) is 5.75 Å². The summed E-state index contributed by atoms with van der Waals surface area (Å²) in [5, 5.41) is 0.243. The molecule has 0 radical (unpaired) electrons. The molecule has 2 rings (SSSR count). The minimum Gasteiger partial charge on any atom is -0.496 e. The Balaban J connectivity index is 2.74. The molecule has 25 heavy (non-hydrogen) atoms. The molecule has 0 spiro atoms. The van der Waals surface area contributed by atoms with Crippen LogP contribution >= 0.6 is 11.6 Å². The van der Waals surface area contributed by atoms with Crippen molar-refractivity contribution in [2.45, 2.75) is 12.4 Å². The monoisotopic (exact) mass is 382 g/mol. The standard InChI is InChI=1S/C16H9ClF6O2/c1-25-12-7-9(15(18,19)20)6-11(16(21,22)23)13(12)14(24)8-2-4-10(17)5-3-8/h2-7H,1H3. The lowest BCUT2D eigenvalue weighted by atomic mass is 9.94. The molecule has 0 saturated carbocycles. The number of ketones is 1. The third kappa shape index (κ3) is 4.07. The summed E-state index contributed by atoms with van der Waals surface area (Å²) in [7, 11) is 0.883. The molecule has 0 aliphatic heterocycles. The van der Waals surface area contributed by atoms with Gasteiger partial charge in [-0.25, -0.2) is 0 Å². The van der Waals surface area contributed by atoms with Gasteiger partial charge in [0, 0.05) is 10.6 Å². The lowest BCUT2D eigenvalue weighted by Gasteiger charge is -2.18. The lowest BCUT2D eigenvalue weighted by Crippen LogP contribution is -2.18. The minimum absolute atomic E-state index is 0.105. The molecule has 2 aromatic carbocycles. The Bertz CT molecular complexity index is 794. The maximum atomic E-state index is 13.3. The second-order valence-electron chi connectivity index (χ2n) is 4.93. The van der Waals surface area contributed by atoms with E-state index in [2.05, 4.69) is 4.74 Å². The third-order valence-corrected chi connectivity index (χ3v) is 3.54. The molecule has 0 unspecified atom stereocenters. The van der Waals surface area contributed by atoms with Crippen molar-refractivity contribution >= 4 is 17.4 Å². The zero-order chi connectivity index (χ0) is 19.0. The highest BCUT2D eigenvalue weighted by atomic mass is 35.5. The van der Waals surface area contributed by atoms with Crippen molar-refractivity contribution in [1.82, 2.24) is 0 Å². The number of hydrogen-bond donors (Lipinski definition) is 0. The molecule has 134 valence electrons. The molecule has 0 atom stereocenters. The van der Waals surface area contributed by atoms with E-state index in [4.69, 9.17) is 11.6 Å². The number of alkyl halides is 6. The van der Waals surface area contributed by atoms with Gasteiger partial charge < -0.3 is 4.74 Å². The van der Waals surface area contributed by atoms with Crippen molar-refractivity contribution in [3.8, 4) is 5.75 Å².